The normalized spacial score (nSPS) is 19.8. The van der Waals surface area contributed by atoms with Crippen LogP contribution in [0.15, 0.2) is 57.9 Å². The molecule has 1 unspecified atom stereocenters. The minimum atomic E-state index is -3.46. The molecule has 0 aromatic heterocycles. The summed E-state index contributed by atoms with van der Waals surface area (Å²) >= 11 is 9.31. The summed E-state index contributed by atoms with van der Waals surface area (Å²) < 4.78 is 28.4. The maximum Gasteiger partial charge on any atom is 0.243 e. The predicted molar refractivity (Wildman–Crippen MR) is 101 cm³/mol. The number of benzene rings is 2. The Morgan fingerprint density at radius 1 is 1.00 bits per heavy atom. The summed E-state index contributed by atoms with van der Waals surface area (Å²) in [4.78, 5) is 0.349. The third-order valence-electron chi connectivity index (χ3n) is 4.43. The third-order valence-corrected chi connectivity index (χ3v) is 7.09. The van der Waals surface area contributed by atoms with E-state index in [0.717, 1.165) is 29.3 Å². The van der Waals surface area contributed by atoms with E-state index in [1.807, 2.05) is 24.3 Å². The van der Waals surface area contributed by atoms with Crippen molar-refractivity contribution in [3.05, 3.63) is 63.6 Å². The van der Waals surface area contributed by atoms with Gasteiger partial charge >= 0.3 is 0 Å². The average Bonchev–Trinajstić information content (AvgIpc) is 2.83. The van der Waals surface area contributed by atoms with Gasteiger partial charge in [-0.05, 0) is 60.7 Å². The molecule has 1 aliphatic heterocycles. The number of rotatable bonds is 3. The first-order chi connectivity index (χ1) is 11.5. The van der Waals surface area contributed by atoms with Crippen LogP contribution in [0.3, 0.4) is 0 Å². The summed E-state index contributed by atoms with van der Waals surface area (Å²) in [6, 6.07) is 14.6. The molecular formula is C18H19BrClNO2S. The van der Waals surface area contributed by atoms with Gasteiger partial charge in [-0.3, -0.25) is 0 Å². The summed E-state index contributed by atoms with van der Waals surface area (Å²) in [5.41, 5.74) is 1.15. The number of halogens is 2. The van der Waals surface area contributed by atoms with E-state index in [2.05, 4.69) is 15.9 Å². The fourth-order valence-electron chi connectivity index (χ4n) is 3.09. The zero-order valence-corrected chi connectivity index (χ0v) is 16.3. The molecule has 6 heteroatoms. The van der Waals surface area contributed by atoms with Crippen molar-refractivity contribution in [3.8, 4) is 0 Å². The Morgan fingerprint density at radius 2 is 1.67 bits per heavy atom. The molecule has 0 bridgehead atoms. The highest BCUT2D eigenvalue weighted by Gasteiger charge is 2.29. The Morgan fingerprint density at radius 3 is 2.33 bits per heavy atom. The molecule has 3 nitrogen and oxygen atoms in total. The van der Waals surface area contributed by atoms with Crippen LogP contribution in [0, 0.1) is 0 Å². The van der Waals surface area contributed by atoms with Gasteiger partial charge in [-0.15, -0.1) is 0 Å². The van der Waals surface area contributed by atoms with Crippen molar-refractivity contribution in [3.63, 3.8) is 0 Å². The molecule has 1 aliphatic rings. The highest BCUT2D eigenvalue weighted by atomic mass is 79.9. The third kappa shape index (κ3) is 4.02. The van der Waals surface area contributed by atoms with Crippen LogP contribution in [-0.4, -0.2) is 25.8 Å². The molecule has 0 amide bonds. The minimum Gasteiger partial charge on any atom is -0.207 e. The fourth-order valence-corrected chi connectivity index (χ4v) is 5.00. The summed E-state index contributed by atoms with van der Waals surface area (Å²) in [6.07, 6.45) is 2.91. The van der Waals surface area contributed by atoms with Gasteiger partial charge in [0, 0.05) is 22.6 Å². The Hall–Kier alpha value is -0.880. The summed E-state index contributed by atoms with van der Waals surface area (Å²) in [5, 5.41) is 0.701. The van der Waals surface area contributed by atoms with Crippen molar-refractivity contribution < 1.29 is 8.42 Å². The second-order valence-corrected chi connectivity index (χ2v) is 9.35. The predicted octanol–water partition coefficient (Wildman–Crippen LogP) is 5.06. The molecule has 0 N–H and O–H groups in total. The quantitative estimate of drug-likeness (QED) is 0.685. The van der Waals surface area contributed by atoms with E-state index < -0.39 is 10.0 Å². The molecule has 1 saturated heterocycles. The van der Waals surface area contributed by atoms with Crippen molar-refractivity contribution in [1.82, 2.24) is 4.31 Å². The van der Waals surface area contributed by atoms with Crippen LogP contribution in [0.25, 0.3) is 0 Å². The minimum absolute atomic E-state index is 0.204. The number of hydrogen-bond donors (Lipinski definition) is 0. The second-order valence-electron chi connectivity index (χ2n) is 6.06. The first-order valence-electron chi connectivity index (χ1n) is 7.98. The fraction of sp³-hybridized carbons (Fsp3) is 0.333. The van der Waals surface area contributed by atoms with Crippen LogP contribution in [0.2, 0.25) is 5.02 Å². The zero-order chi connectivity index (χ0) is 17.2. The topological polar surface area (TPSA) is 37.4 Å². The van der Waals surface area contributed by atoms with Crippen LogP contribution < -0.4 is 0 Å². The number of hydrogen-bond acceptors (Lipinski definition) is 2. The monoisotopic (exact) mass is 427 g/mol. The lowest BCUT2D eigenvalue weighted by Gasteiger charge is -2.24. The molecule has 0 aliphatic carbocycles. The van der Waals surface area contributed by atoms with Crippen molar-refractivity contribution in [2.24, 2.45) is 0 Å². The lowest BCUT2D eigenvalue weighted by atomic mass is 9.95. The second kappa shape index (κ2) is 7.56. The molecule has 1 heterocycles. The SMILES string of the molecule is O=S(=O)(c1ccc(Br)cc1)N1CCCCC(c2ccc(Cl)cc2)C1. The molecule has 0 saturated carbocycles. The molecule has 0 spiro atoms. The van der Waals surface area contributed by atoms with E-state index in [9.17, 15) is 8.42 Å². The number of nitrogens with zero attached hydrogens (tertiary/aromatic N) is 1. The molecule has 3 rings (SSSR count). The van der Waals surface area contributed by atoms with E-state index in [-0.39, 0.29) is 5.92 Å². The smallest absolute Gasteiger partial charge is 0.207 e. The average molecular weight is 429 g/mol. The number of sulfonamides is 1. The maximum absolute atomic E-state index is 13.0. The van der Waals surface area contributed by atoms with Gasteiger partial charge in [0.1, 0.15) is 0 Å². The van der Waals surface area contributed by atoms with Crippen molar-refractivity contribution in [2.75, 3.05) is 13.1 Å². The Kier molecular flexibility index (Phi) is 5.65. The first-order valence-corrected chi connectivity index (χ1v) is 10.6. The van der Waals surface area contributed by atoms with Crippen LogP contribution in [0.5, 0.6) is 0 Å². The van der Waals surface area contributed by atoms with Gasteiger partial charge in [0.05, 0.1) is 4.90 Å². The molecular weight excluding hydrogens is 410 g/mol. The molecule has 1 fully saturated rings. The maximum atomic E-state index is 13.0. The van der Waals surface area contributed by atoms with Gasteiger partial charge in [-0.25, -0.2) is 8.42 Å². The van der Waals surface area contributed by atoms with Crippen LogP contribution >= 0.6 is 27.5 Å². The Balaban J connectivity index is 1.86. The molecule has 1 atom stereocenters. The van der Waals surface area contributed by atoms with E-state index in [0.29, 0.717) is 23.0 Å². The summed E-state index contributed by atoms with van der Waals surface area (Å²) in [6.45, 7) is 1.09. The van der Waals surface area contributed by atoms with Crippen LogP contribution in [0.4, 0.5) is 0 Å². The molecule has 2 aromatic rings. The Bertz CT molecular complexity index is 791. The van der Waals surface area contributed by atoms with Gasteiger partial charge in [-0.2, -0.15) is 4.31 Å². The van der Waals surface area contributed by atoms with Gasteiger partial charge in [-0.1, -0.05) is 46.1 Å². The van der Waals surface area contributed by atoms with Crippen LogP contribution in [-0.2, 0) is 10.0 Å². The molecule has 24 heavy (non-hydrogen) atoms. The van der Waals surface area contributed by atoms with Crippen molar-refractivity contribution >= 4 is 37.6 Å². The van der Waals surface area contributed by atoms with E-state index in [1.165, 1.54) is 0 Å². The van der Waals surface area contributed by atoms with Gasteiger partial charge in [0.2, 0.25) is 10.0 Å². The van der Waals surface area contributed by atoms with E-state index in [4.69, 9.17) is 11.6 Å². The van der Waals surface area contributed by atoms with Gasteiger partial charge in [0.25, 0.3) is 0 Å². The van der Waals surface area contributed by atoms with Crippen molar-refractivity contribution in [1.29, 1.82) is 0 Å². The van der Waals surface area contributed by atoms with Crippen molar-refractivity contribution in [2.45, 2.75) is 30.1 Å². The summed E-state index contributed by atoms with van der Waals surface area (Å²) in [5.74, 6) is 0.204. The van der Waals surface area contributed by atoms with E-state index in [1.54, 1.807) is 28.6 Å². The molecule has 2 aromatic carbocycles. The molecule has 0 radical (unpaired) electrons. The standard InChI is InChI=1S/C18H19BrClNO2S/c19-16-6-10-18(11-7-16)24(22,23)21-12-2-1-3-15(13-21)14-4-8-17(20)9-5-14/h4-11,15H,1-3,12-13H2. The lowest BCUT2D eigenvalue weighted by Crippen LogP contribution is -2.34. The van der Waals surface area contributed by atoms with E-state index >= 15 is 0 Å². The van der Waals surface area contributed by atoms with Gasteiger partial charge < -0.3 is 0 Å². The highest BCUT2D eigenvalue weighted by molar-refractivity contribution is 9.10. The lowest BCUT2D eigenvalue weighted by molar-refractivity contribution is 0.406. The highest BCUT2D eigenvalue weighted by Crippen LogP contribution is 2.30. The van der Waals surface area contributed by atoms with Gasteiger partial charge in [0.15, 0.2) is 0 Å². The van der Waals surface area contributed by atoms with Crippen LogP contribution in [0.1, 0.15) is 30.7 Å². The largest absolute Gasteiger partial charge is 0.243 e. The zero-order valence-electron chi connectivity index (χ0n) is 13.2. The first kappa shape index (κ1) is 17.9. The Labute approximate surface area is 156 Å². The summed E-state index contributed by atoms with van der Waals surface area (Å²) in [7, 11) is -3.46. The molecule has 128 valence electrons.